The second-order valence-electron chi connectivity index (χ2n) is 8.35. The molecular formula is C26H32N2O5S. The summed E-state index contributed by atoms with van der Waals surface area (Å²) in [6, 6.07) is 17.3. The number of carbonyl (C=O) groups excluding carboxylic acids is 2. The maximum Gasteiger partial charge on any atom is 0.326 e. The van der Waals surface area contributed by atoms with Gasteiger partial charge in [-0.25, -0.2) is 4.79 Å². The van der Waals surface area contributed by atoms with E-state index in [1.165, 1.54) is 4.90 Å². The van der Waals surface area contributed by atoms with Crippen LogP contribution in [0.15, 0.2) is 65.6 Å². The molecule has 1 amide bonds. The summed E-state index contributed by atoms with van der Waals surface area (Å²) in [5.74, 6) is -1.74. The molecule has 1 aliphatic rings. The van der Waals surface area contributed by atoms with Gasteiger partial charge in [0.25, 0.3) is 0 Å². The van der Waals surface area contributed by atoms with E-state index < -0.39 is 30.1 Å². The fraction of sp³-hybridized carbons (Fsp3) is 0.423. The molecule has 0 saturated carbocycles. The van der Waals surface area contributed by atoms with Gasteiger partial charge in [-0.15, -0.1) is 11.8 Å². The Morgan fingerprint density at radius 1 is 1.12 bits per heavy atom. The van der Waals surface area contributed by atoms with Gasteiger partial charge in [0.05, 0.1) is 12.6 Å². The molecular weight excluding hydrogens is 452 g/mol. The number of amides is 1. The van der Waals surface area contributed by atoms with E-state index in [1.54, 1.807) is 25.6 Å². The molecule has 0 aliphatic carbocycles. The number of aliphatic carboxylic acids is 1. The Labute approximate surface area is 204 Å². The molecule has 182 valence electrons. The predicted molar refractivity (Wildman–Crippen MR) is 132 cm³/mol. The molecule has 34 heavy (non-hydrogen) atoms. The van der Waals surface area contributed by atoms with Gasteiger partial charge in [0.15, 0.2) is 0 Å². The summed E-state index contributed by atoms with van der Waals surface area (Å²) < 4.78 is 5.22. The summed E-state index contributed by atoms with van der Waals surface area (Å²) in [5, 5.41) is 12.8. The predicted octanol–water partition coefficient (Wildman–Crippen LogP) is 3.38. The summed E-state index contributed by atoms with van der Waals surface area (Å²) in [7, 11) is 0. The van der Waals surface area contributed by atoms with Crippen LogP contribution in [0.2, 0.25) is 0 Å². The normalized spacial score (nSPS) is 19.4. The lowest BCUT2D eigenvalue weighted by molar-refractivity contribution is -0.150. The summed E-state index contributed by atoms with van der Waals surface area (Å²) >= 11 is 1.58. The number of ether oxygens (including phenoxy) is 1. The lowest BCUT2D eigenvalue weighted by atomic mass is 10.0. The van der Waals surface area contributed by atoms with Crippen LogP contribution >= 0.6 is 11.8 Å². The lowest BCUT2D eigenvalue weighted by Gasteiger charge is -2.28. The second kappa shape index (κ2) is 12.6. The molecule has 1 saturated heterocycles. The number of aryl methyl sites for hydroxylation is 1. The second-order valence-corrected chi connectivity index (χ2v) is 9.72. The molecule has 3 rings (SSSR count). The molecule has 2 aromatic carbocycles. The zero-order valence-corrected chi connectivity index (χ0v) is 20.4. The highest BCUT2D eigenvalue weighted by atomic mass is 32.2. The van der Waals surface area contributed by atoms with Gasteiger partial charge in [0, 0.05) is 16.7 Å². The number of carboxylic acid groups (broad SMARTS) is 1. The Hall–Kier alpha value is -2.84. The molecule has 0 bridgehead atoms. The molecule has 1 unspecified atom stereocenters. The maximum absolute atomic E-state index is 13.3. The molecule has 1 aliphatic heterocycles. The van der Waals surface area contributed by atoms with Crippen molar-refractivity contribution >= 4 is 29.6 Å². The number of hydrogen-bond acceptors (Lipinski definition) is 6. The van der Waals surface area contributed by atoms with Crippen LogP contribution < -0.4 is 5.32 Å². The van der Waals surface area contributed by atoms with E-state index in [-0.39, 0.29) is 17.8 Å². The molecule has 1 fully saturated rings. The van der Waals surface area contributed by atoms with Crippen LogP contribution in [0, 0.1) is 0 Å². The number of nitrogens with one attached hydrogen (secondary N) is 1. The zero-order chi connectivity index (χ0) is 24.5. The standard InChI is InChI=1S/C26H32N2O5S/c1-3-33-26(32)22(15-14-19-10-6-4-7-11-19)27-18(2)24(29)28-17-21(16-23(28)25(30)31)34-20-12-8-5-9-13-20/h4-13,18,21-23,27H,3,14-17H2,1-2H3,(H,30,31)/t18-,21?,22-,23-/m0/s1. The summed E-state index contributed by atoms with van der Waals surface area (Å²) in [5.41, 5.74) is 1.09. The molecule has 1 heterocycles. The van der Waals surface area contributed by atoms with Crippen LogP contribution in [-0.4, -0.2) is 64.4 Å². The van der Waals surface area contributed by atoms with E-state index in [4.69, 9.17) is 4.74 Å². The van der Waals surface area contributed by atoms with Gasteiger partial charge in [-0.05, 0) is 50.8 Å². The smallest absolute Gasteiger partial charge is 0.326 e. The average Bonchev–Trinajstić information content (AvgIpc) is 3.26. The third-order valence-corrected chi connectivity index (χ3v) is 7.05. The van der Waals surface area contributed by atoms with Crippen molar-refractivity contribution in [3.8, 4) is 0 Å². The Balaban J connectivity index is 1.66. The number of likely N-dealkylation sites (tertiary alicyclic amines) is 1. The minimum atomic E-state index is -1.01. The number of nitrogens with zero attached hydrogens (tertiary/aromatic N) is 1. The number of hydrogen-bond donors (Lipinski definition) is 2. The van der Waals surface area contributed by atoms with Crippen molar-refractivity contribution in [2.24, 2.45) is 0 Å². The third-order valence-electron chi connectivity index (χ3n) is 5.83. The average molecular weight is 485 g/mol. The quantitative estimate of drug-likeness (QED) is 0.472. The van der Waals surface area contributed by atoms with Gasteiger partial charge in [0.1, 0.15) is 12.1 Å². The Morgan fingerprint density at radius 3 is 2.38 bits per heavy atom. The molecule has 0 radical (unpaired) electrons. The summed E-state index contributed by atoms with van der Waals surface area (Å²) in [6.45, 7) is 4.01. The number of carbonyl (C=O) groups is 3. The molecule has 4 atom stereocenters. The van der Waals surface area contributed by atoms with Crippen LogP contribution in [0.4, 0.5) is 0 Å². The van der Waals surface area contributed by atoms with E-state index in [0.717, 1.165) is 10.5 Å². The fourth-order valence-corrected chi connectivity index (χ4v) is 5.35. The van der Waals surface area contributed by atoms with E-state index in [2.05, 4.69) is 5.32 Å². The van der Waals surface area contributed by atoms with Crippen LogP contribution in [-0.2, 0) is 25.5 Å². The molecule has 2 N–H and O–H groups in total. The van der Waals surface area contributed by atoms with E-state index in [1.807, 2.05) is 60.7 Å². The number of esters is 1. The van der Waals surface area contributed by atoms with Crippen molar-refractivity contribution in [2.45, 2.75) is 61.4 Å². The molecule has 8 heteroatoms. The van der Waals surface area contributed by atoms with Crippen LogP contribution in [0.5, 0.6) is 0 Å². The third kappa shape index (κ3) is 7.08. The van der Waals surface area contributed by atoms with Gasteiger partial charge >= 0.3 is 11.9 Å². The topological polar surface area (TPSA) is 95.9 Å². The fourth-order valence-electron chi connectivity index (χ4n) is 4.14. The largest absolute Gasteiger partial charge is 0.480 e. The monoisotopic (exact) mass is 484 g/mol. The highest BCUT2D eigenvalue weighted by Crippen LogP contribution is 2.33. The zero-order valence-electron chi connectivity index (χ0n) is 19.6. The number of benzene rings is 2. The Bertz CT molecular complexity index is 956. The minimum Gasteiger partial charge on any atom is -0.480 e. The van der Waals surface area contributed by atoms with Gasteiger partial charge in [-0.2, -0.15) is 0 Å². The van der Waals surface area contributed by atoms with Crippen LogP contribution in [0.1, 0.15) is 32.3 Å². The van der Waals surface area contributed by atoms with Crippen molar-refractivity contribution in [1.82, 2.24) is 10.2 Å². The van der Waals surface area contributed by atoms with Gasteiger partial charge < -0.3 is 14.7 Å². The lowest BCUT2D eigenvalue weighted by Crippen LogP contribution is -2.53. The first kappa shape index (κ1) is 25.8. The highest BCUT2D eigenvalue weighted by Gasteiger charge is 2.41. The van der Waals surface area contributed by atoms with Crippen LogP contribution in [0.25, 0.3) is 0 Å². The number of thioether (sulfide) groups is 1. The Kier molecular flexibility index (Phi) is 9.53. The molecule has 0 spiro atoms. The van der Waals surface area contributed by atoms with Crippen LogP contribution in [0.3, 0.4) is 0 Å². The van der Waals surface area contributed by atoms with Gasteiger partial charge in [0.2, 0.25) is 5.91 Å². The first-order valence-electron chi connectivity index (χ1n) is 11.6. The van der Waals surface area contributed by atoms with Gasteiger partial charge in [-0.1, -0.05) is 48.5 Å². The molecule has 0 aromatic heterocycles. The first-order chi connectivity index (χ1) is 16.4. The Morgan fingerprint density at radius 2 is 1.76 bits per heavy atom. The summed E-state index contributed by atoms with van der Waals surface area (Å²) in [6.07, 6.45) is 1.49. The minimum absolute atomic E-state index is 0.0152. The molecule has 2 aromatic rings. The highest BCUT2D eigenvalue weighted by molar-refractivity contribution is 8.00. The number of rotatable bonds is 11. The number of carboxylic acids is 1. The van der Waals surface area contributed by atoms with Gasteiger partial charge in [-0.3, -0.25) is 14.9 Å². The summed E-state index contributed by atoms with van der Waals surface area (Å²) in [4.78, 5) is 40.2. The van der Waals surface area contributed by atoms with Crippen molar-refractivity contribution in [3.63, 3.8) is 0 Å². The van der Waals surface area contributed by atoms with Crippen molar-refractivity contribution in [1.29, 1.82) is 0 Å². The molecule has 7 nitrogen and oxygen atoms in total. The maximum atomic E-state index is 13.3. The van der Waals surface area contributed by atoms with E-state index in [9.17, 15) is 19.5 Å². The van der Waals surface area contributed by atoms with Crippen molar-refractivity contribution in [3.05, 3.63) is 66.2 Å². The van der Waals surface area contributed by atoms with Crippen molar-refractivity contribution < 1.29 is 24.2 Å². The first-order valence-corrected chi connectivity index (χ1v) is 12.5. The SMILES string of the molecule is CCOC(=O)[C@H](CCc1ccccc1)N[C@@H](C)C(=O)N1CC(Sc2ccccc2)C[C@H]1C(=O)O. The van der Waals surface area contributed by atoms with E-state index in [0.29, 0.717) is 25.8 Å². The van der Waals surface area contributed by atoms with E-state index >= 15 is 0 Å². The van der Waals surface area contributed by atoms with Crippen molar-refractivity contribution in [2.75, 3.05) is 13.2 Å².